The second-order valence-corrected chi connectivity index (χ2v) is 5.33. The molecule has 18 heavy (non-hydrogen) atoms. The smallest absolute Gasteiger partial charge is 0.282 e. The highest BCUT2D eigenvalue weighted by molar-refractivity contribution is 8.01. The van der Waals surface area contributed by atoms with E-state index in [1.165, 1.54) is 11.8 Å². The first-order valence-electron chi connectivity index (χ1n) is 5.53. The Balaban J connectivity index is 2.12. The van der Waals surface area contributed by atoms with Crippen LogP contribution in [-0.4, -0.2) is 5.12 Å². The van der Waals surface area contributed by atoms with E-state index in [4.69, 9.17) is 11.1 Å². The average molecular weight is 255 g/mol. The molecule has 0 amide bonds. The lowest BCUT2D eigenvalue weighted by Gasteiger charge is -2.07. The van der Waals surface area contributed by atoms with Crippen molar-refractivity contribution in [2.45, 2.75) is 10.0 Å². The SMILES string of the molecule is N#[N+]C1(N)Nc2c(cccc2-c2ccccc2)S1. The van der Waals surface area contributed by atoms with Gasteiger partial charge >= 0.3 is 5.12 Å². The summed E-state index contributed by atoms with van der Waals surface area (Å²) in [5.74, 6) is 0. The van der Waals surface area contributed by atoms with Crippen molar-refractivity contribution >= 4 is 17.4 Å². The Labute approximate surface area is 109 Å². The van der Waals surface area contributed by atoms with Gasteiger partial charge in [-0.1, -0.05) is 42.5 Å². The summed E-state index contributed by atoms with van der Waals surface area (Å²) < 4.78 is 0. The monoisotopic (exact) mass is 255 g/mol. The van der Waals surface area contributed by atoms with E-state index in [9.17, 15) is 0 Å². The highest BCUT2D eigenvalue weighted by Crippen LogP contribution is 2.47. The lowest BCUT2D eigenvalue weighted by atomic mass is 10.0. The molecule has 1 aliphatic heterocycles. The summed E-state index contributed by atoms with van der Waals surface area (Å²) in [4.78, 5) is 4.18. The first kappa shape index (κ1) is 11.1. The van der Waals surface area contributed by atoms with Gasteiger partial charge in [0.1, 0.15) is 0 Å². The number of para-hydroxylation sites is 1. The second-order valence-electron chi connectivity index (χ2n) is 4.07. The molecule has 0 saturated heterocycles. The number of benzene rings is 2. The maximum Gasteiger partial charge on any atom is 0.506 e. The van der Waals surface area contributed by atoms with E-state index in [1.54, 1.807) is 0 Å². The summed E-state index contributed by atoms with van der Waals surface area (Å²) in [7, 11) is 0. The molecule has 0 aliphatic carbocycles. The van der Waals surface area contributed by atoms with Gasteiger partial charge in [-0.15, -0.1) is 0 Å². The molecule has 2 aromatic carbocycles. The average Bonchev–Trinajstić information content (AvgIpc) is 2.76. The molecule has 3 rings (SSSR count). The summed E-state index contributed by atoms with van der Waals surface area (Å²) in [6.07, 6.45) is 0. The van der Waals surface area contributed by atoms with E-state index in [2.05, 4.69) is 10.3 Å². The molecule has 1 atom stereocenters. The molecule has 0 bridgehead atoms. The largest absolute Gasteiger partial charge is 0.506 e. The minimum absolute atomic E-state index is 0.911. The Morgan fingerprint density at radius 3 is 2.61 bits per heavy atom. The van der Waals surface area contributed by atoms with Crippen LogP contribution in [0.5, 0.6) is 0 Å². The van der Waals surface area contributed by atoms with Gasteiger partial charge in [-0.05, 0) is 11.6 Å². The van der Waals surface area contributed by atoms with Crippen LogP contribution in [0.1, 0.15) is 0 Å². The zero-order chi connectivity index (χ0) is 12.6. The third-order valence-electron chi connectivity index (χ3n) is 2.83. The Hall–Kier alpha value is -2.03. The number of hydrogen-bond acceptors (Lipinski definition) is 4. The van der Waals surface area contributed by atoms with Gasteiger partial charge in [0.2, 0.25) is 5.39 Å². The van der Waals surface area contributed by atoms with Gasteiger partial charge in [-0.2, -0.15) is 0 Å². The van der Waals surface area contributed by atoms with Crippen molar-refractivity contribution < 1.29 is 0 Å². The Bertz CT molecular complexity index is 635. The number of anilines is 1. The Morgan fingerprint density at radius 1 is 1.11 bits per heavy atom. The molecule has 5 heteroatoms. The molecule has 88 valence electrons. The van der Waals surface area contributed by atoms with E-state index < -0.39 is 5.12 Å². The first-order valence-corrected chi connectivity index (χ1v) is 6.34. The summed E-state index contributed by atoms with van der Waals surface area (Å²) in [6, 6.07) is 16.0. The molecule has 2 aromatic rings. The van der Waals surface area contributed by atoms with Crippen LogP contribution in [0.3, 0.4) is 0 Å². The van der Waals surface area contributed by atoms with Crippen LogP contribution in [0.2, 0.25) is 0 Å². The molecule has 0 fully saturated rings. The first-order chi connectivity index (χ1) is 8.72. The van der Waals surface area contributed by atoms with Crippen molar-refractivity contribution in [2.24, 2.45) is 5.73 Å². The standard InChI is InChI=1S/C13H11N4S/c14-13(17-15)16-12-10(7-4-8-11(12)18-13)9-5-2-1-3-6-9/h1-8,16H,14H2/q+1. The minimum Gasteiger partial charge on any atom is -0.282 e. The van der Waals surface area contributed by atoms with Crippen LogP contribution in [0.4, 0.5) is 5.69 Å². The zero-order valence-corrected chi connectivity index (χ0v) is 10.3. The Morgan fingerprint density at radius 2 is 1.89 bits per heavy atom. The predicted octanol–water partition coefficient (Wildman–Crippen LogP) is 3.29. The fourth-order valence-corrected chi connectivity index (χ4v) is 2.96. The van der Waals surface area contributed by atoms with Crippen LogP contribution >= 0.6 is 11.8 Å². The van der Waals surface area contributed by atoms with Gasteiger partial charge in [-0.3, -0.25) is 5.32 Å². The van der Waals surface area contributed by atoms with Crippen molar-refractivity contribution in [3.05, 3.63) is 53.5 Å². The molecule has 1 unspecified atom stereocenters. The van der Waals surface area contributed by atoms with Crippen LogP contribution in [0.15, 0.2) is 53.4 Å². The third-order valence-corrected chi connectivity index (χ3v) is 3.88. The van der Waals surface area contributed by atoms with Crippen LogP contribution < -0.4 is 11.1 Å². The van der Waals surface area contributed by atoms with Gasteiger partial charge in [-0.25, -0.2) is 5.73 Å². The van der Waals surface area contributed by atoms with E-state index in [1.807, 2.05) is 48.5 Å². The highest BCUT2D eigenvalue weighted by Gasteiger charge is 2.48. The third kappa shape index (κ3) is 1.72. The van der Waals surface area contributed by atoms with Gasteiger partial charge in [0.25, 0.3) is 0 Å². The zero-order valence-electron chi connectivity index (χ0n) is 9.50. The molecule has 3 N–H and O–H groups in total. The molecular formula is C13H11N4S+. The number of nitrogens with two attached hydrogens (primary N) is 1. The number of nitrogens with one attached hydrogen (secondary N) is 1. The van der Waals surface area contributed by atoms with Crippen LogP contribution in [0.25, 0.3) is 16.1 Å². The van der Waals surface area contributed by atoms with Gasteiger partial charge in [0, 0.05) is 22.2 Å². The summed E-state index contributed by atoms with van der Waals surface area (Å²) in [5, 5.41) is 10.8. The predicted molar refractivity (Wildman–Crippen MR) is 73.4 cm³/mol. The molecule has 4 nitrogen and oxygen atoms in total. The number of rotatable bonds is 1. The lowest BCUT2D eigenvalue weighted by Crippen LogP contribution is -2.37. The quantitative estimate of drug-likeness (QED) is 0.767. The number of diazo groups is 1. The summed E-state index contributed by atoms with van der Waals surface area (Å²) in [5.41, 5.74) is 8.96. The van der Waals surface area contributed by atoms with Gasteiger partial charge < -0.3 is 0 Å². The fraction of sp³-hybridized carbons (Fsp3) is 0.0769. The van der Waals surface area contributed by atoms with Crippen LogP contribution in [-0.2, 0) is 0 Å². The molecule has 0 spiro atoms. The van der Waals surface area contributed by atoms with Crippen molar-refractivity contribution in [1.29, 1.82) is 5.39 Å². The summed E-state index contributed by atoms with van der Waals surface area (Å²) >= 11 is 1.30. The molecule has 0 radical (unpaired) electrons. The Kier molecular flexibility index (Phi) is 2.47. The molecule has 0 aromatic heterocycles. The number of nitrogens with zero attached hydrogens (tertiary/aromatic N) is 2. The van der Waals surface area contributed by atoms with Crippen molar-refractivity contribution in [1.82, 2.24) is 0 Å². The van der Waals surface area contributed by atoms with E-state index in [0.29, 0.717) is 0 Å². The van der Waals surface area contributed by atoms with Crippen LogP contribution in [0, 0.1) is 5.39 Å². The lowest BCUT2D eigenvalue weighted by molar-refractivity contribution is 0.852. The van der Waals surface area contributed by atoms with Gasteiger partial charge in [0.15, 0.2) is 4.98 Å². The second kappa shape index (κ2) is 4.02. The number of fused-ring (bicyclic) bond motifs is 1. The van der Waals surface area contributed by atoms with Crippen molar-refractivity contribution in [3.8, 4) is 11.1 Å². The maximum atomic E-state index is 8.98. The van der Waals surface area contributed by atoms with E-state index in [-0.39, 0.29) is 0 Å². The molecule has 1 heterocycles. The minimum atomic E-state index is -1.19. The summed E-state index contributed by atoms with van der Waals surface area (Å²) in [6.45, 7) is 0. The number of thioether (sulfide) groups is 1. The van der Waals surface area contributed by atoms with Gasteiger partial charge in [0.05, 0.1) is 5.69 Å². The highest BCUT2D eigenvalue weighted by atomic mass is 32.2. The van der Waals surface area contributed by atoms with Crippen molar-refractivity contribution in [2.75, 3.05) is 5.32 Å². The number of hydrogen-bond donors (Lipinski definition) is 2. The van der Waals surface area contributed by atoms with E-state index >= 15 is 0 Å². The molecular weight excluding hydrogens is 244 g/mol. The van der Waals surface area contributed by atoms with E-state index in [0.717, 1.165) is 21.7 Å². The normalized spacial score (nSPS) is 20.9. The fourth-order valence-electron chi connectivity index (χ4n) is 2.02. The van der Waals surface area contributed by atoms with Crippen molar-refractivity contribution in [3.63, 3.8) is 0 Å². The molecule has 1 aliphatic rings. The molecule has 0 saturated carbocycles. The maximum absolute atomic E-state index is 8.98. The topological polar surface area (TPSA) is 66.2 Å².